The normalized spacial score (nSPS) is 11.1. The quantitative estimate of drug-likeness (QED) is 0.850. The molecular weight excluding hydrogens is 271 g/mol. The zero-order valence-electron chi connectivity index (χ0n) is 12.6. The lowest BCUT2D eigenvalue weighted by molar-refractivity contribution is 0.288. The molecule has 2 aromatic rings. The van der Waals surface area contributed by atoms with Crippen molar-refractivity contribution in [2.75, 3.05) is 6.54 Å². The largest absolute Gasteiger partial charge is 0.486 e. The van der Waals surface area contributed by atoms with Crippen LogP contribution >= 0.6 is 0 Å². The predicted octanol–water partition coefficient (Wildman–Crippen LogP) is 2.28. The molecule has 0 unspecified atom stereocenters. The summed E-state index contributed by atoms with van der Waals surface area (Å²) in [5, 5.41) is 7.25. The number of hydrogen-bond acceptors (Lipinski definition) is 4. The number of nitrogens with one attached hydrogen (secondary N) is 1. The average Bonchev–Trinajstić information content (AvgIpc) is 2.81. The summed E-state index contributed by atoms with van der Waals surface area (Å²) in [5.41, 5.74) is 0.864. The van der Waals surface area contributed by atoms with Gasteiger partial charge in [-0.15, -0.1) is 0 Å². The van der Waals surface area contributed by atoms with Crippen molar-refractivity contribution in [2.24, 2.45) is 13.0 Å². The molecule has 1 N–H and O–H groups in total. The molecule has 2 rings (SSSR count). The highest BCUT2D eigenvalue weighted by molar-refractivity contribution is 5.29. The van der Waals surface area contributed by atoms with Gasteiger partial charge in [0.05, 0.1) is 0 Å². The average molecular weight is 292 g/mol. The van der Waals surface area contributed by atoms with Crippen molar-refractivity contribution in [3.05, 3.63) is 41.7 Å². The summed E-state index contributed by atoms with van der Waals surface area (Å²) >= 11 is 0. The third kappa shape index (κ3) is 4.82. The minimum absolute atomic E-state index is 0.263. The lowest BCUT2D eigenvalue weighted by atomic mass is 10.2. The molecule has 1 aromatic carbocycles. The Morgan fingerprint density at radius 1 is 1.33 bits per heavy atom. The van der Waals surface area contributed by atoms with Crippen LogP contribution in [-0.2, 0) is 20.2 Å². The third-order valence-electron chi connectivity index (χ3n) is 2.99. The van der Waals surface area contributed by atoms with Gasteiger partial charge in [0.1, 0.15) is 24.5 Å². The van der Waals surface area contributed by atoms with E-state index in [9.17, 15) is 4.39 Å². The molecule has 0 saturated carbocycles. The highest BCUT2D eigenvalue weighted by atomic mass is 19.1. The minimum atomic E-state index is -0.299. The van der Waals surface area contributed by atoms with E-state index < -0.39 is 0 Å². The van der Waals surface area contributed by atoms with Crippen molar-refractivity contribution in [3.8, 4) is 5.75 Å². The second kappa shape index (κ2) is 7.17. The molecule has 5 nitrogen and oxygen atoms in total. The summed E-state index contributed by atoms with van der Waals surface area (Å²) in [7, 11) is 1.79. The van der Waals surface area contributed by atoms with Gasteiger partial charge in [-0.3, -0.25) is 4.68 Å². The molecular formula is C15H21FN4O. The Hall–Kier alpha value is -1.95. The van der Waals surface area contributed by atoms with Crippen LogP contribution < -0.4 is 10.1 Å². The Labute approximate surface area is 124 Å². The van der Waals surface area contributed by atoms with Crippen molar-refractivity contribution in [1.29, 1.82) is 0 Å². The lowest BCUT2D eigenvalue weighted by Gasteiger charge is -2.10. The number of hydrogen-bond donors (Lipinski definition) is 1. The highest BCUT2D eigenvalue weighted by Gasteiger charge is 2.05. The van der Waals surface area contributed by atoms with Crippen LogP contribution in [0.15, 0.2) is 24.5 Å². The standard InChI is InChI=1S/C15H21FN4O/c1-11(2)7-17-8-12-4-13(16)6-14(5-12)21-9-15-18-10-19-20(15)3/h4-6,10-11,17H,7-9H2,1-3H3. The van der Waals surface area contributed by atoms with E-state index in [-0.39, 0.29) is 12.4 Å². The van der Waals surface area contributed by atoms with Gasteiger partial charge in [0.2, 0.25) is 0 Å². The van der Waals surface area contributed by atoms with Gasteiger partial charge in [-0.1, -0.05) is 13.8 Å². The summed E-state index contributed by atoms with van der Waals surface area (Å²) in [5.74, 6) is 1.45. The second-order valence-electron chi connectivity index (χ2n) is 5.41. The molecule has 1 aromatic heterocycles. The number of halogens is 1. The van der Waals surface area contributed by atoms with E-state index in [1.165, 1.54) is 18.5 Å². The maximum atomic E-state index is 13.6. The van der Waals surface area contributed by atoms with Gasteiger partial charge in [-0.2, -0.15) is 5.10 Å². The van der Waals surface area contributed by atoms with Crippen LogP contribution in [0.4, 0.5) is 4.39 Å². The summed E-state index contributed by atoms with van der Waals surface area (Å²) in [6.07, 6.45) is 1.46. The van der Waals surface area contributed by atoms with E-state index >= 15 is 0 Å². The van der Waals surface area contributed by atoms with Gasteiger partial charge in [0, 0.05) is 19.7 Å². The van der Waals surface area contributed by atoms with Crippen LogP contribution in [0.1, 0.15) is 25.2 Å². The summed E-state index contributed by atoms with van der Waals surface area (Å²) < 4.78 is 20.8. The topological polar surface area (TPSA) is 52.0 Å². The van der Waals surface area contributed by atoms with Gasteiger partial charge in [0.25, 0.3) is 0 Å². The number of benzene rings is 1. The van der Waals surface area contributed by atoms with E-state index in [4.69, 9.17) is 4.74 Å². The van der Waals surface area contributed by atoms with Crippen molar-refractivity contribution in [2.45, 2.75) is 27.0 Å². The Kier molecular flexibility index (Phi) is 5.27. The number of nitrogens with zero attached hydrogens (tertiary/aromatic N) is 3. The monoisotopic (exact) mass is 292 g/mol. The van der Waals surface area contributed by atoms with Crippen molar-refractivity contribution in [3.63, 3.8) is 0 Å². The molecule has 6 heteroatoms. The number of aromatic nitrogens is 3. The van der Waals surface area contributed by atoms with E-state index in [1.54, 1.807) is 11.7 Å². The third-order valence-corrected chi connectivity index (χ3v) is 2.99. The number of aryl methyl sites for hydroxylation is 1. The molecule has 0 radical (unpaired) electrons. The summed E-state index contributed by atoms with van der Waals surface area (Å²) in [4.78, 5) is 4.07. The van der Waals surface area contributed by atoms with Crippen LogP contribution in [0, 0.1) is 11.7 Å². The molecule has 0 atom stereocenters. The Balaban J connectivity index is 1.96. The van der Waals surface area contributed by atoms with Crippen molar-refractivity contribution >= 4 is 0 Å². The van der Waals surface area contributed by atoms with E-state index in [0.717, 1.165) is 12.1 Å². The van der Waals surface area contributed by atoms with Gasteiger partial charge >= 0.3 is 0 Å². The molecule has 0 aliphatic rings. The van der Waals surface area contributed by atoms with Crippen LogP contribution in [-0.4, -0.2) is 21.3 Å². The Morgan fingerprint density at radius 2 is 2.14 bits per heavy atom. The maximum absolute atomic E-state index is 13.6. The van der Waals surface area contributed by atoms with Crippen LogP contribution in [0.25, 0.3) is 0 Å². The molecule has 1 heterocycles. The molecule has 0 amide bonds. The molecule has 0 saturated heterocycles. The zero-order chi connectivity index (χ0) is 15.2. The molecule has 0 spiro atoms. The second-order valence-corrected chi connectivity index (χ2v) is 5.41. The fourth-order valence-electron chi connectivity index (χ4n) is 1.91. The first kappa shape index (κ1) is 15.4. The number of ether oxygens (including phenoxy) is 1. The van der Waals surface area contributed by atoms with Crippen molar-refractivity contribution in [1.82, 2.24) is 20.1 Å². The predicted molar refractivity (Wildman–Crippen MR) is 78.3 cm³/mol. The molecule has 0 fully saturated rings. The SMILES string of the molecule is CC(C)CNCc1cc(F)cc(OCc2ncnn2C)c1. The molecule has 0 aliphatic carbocycles. The Bertz CT molecular complexity index is 583. The molecule has 0 bridgehead atoms. The van der Waals surface area contributed by atoms with Crippen LogP contribution in [0.5, 0.6) is 5.75 Å². The summed E-state index contributed by atoms with van der Waals surface area (Å²) in [6, 6.07) is 4.73. The summed E-state index contributed by atoms with van der Waals surface area (Å²) in [6.45, 7) is 6.04. The van der Waals surface area contributed by atoms with Gasteiger partial charge < -0.3 is 10.1 Å². The zero-order valence-corrected chi connectivity index (χ0v) is 12.6. The number of rotatable bonds is 7. The van der Waals surface area contributed by atoms with E-state index in [0.29, 0.717) is 24.0 Å². The Morgan fingerprint density at radius 3 is 2.81 bits per heavy atom. The van der Waals surface area contributed by atoms with Gasteiger partial charge in [-0.25, -0.2) is 9.37 Å². The van der Waals surface area contributed by atoms with Crippen LogP contribution in [0.2, 0.25) is 0 Å². The maximum Gasteiger partial charge on any atom is 0.164 e. The molecule has 21 heavy (non-hydrogen) atoms. The fourth-order valence-corrected chi connectivity index (χ4v) is 1.91. The fraction of sp³-hybridized carbons (Fsp3) is 0.467. The van der Waals surface area contributed by atoms with E-state index in [1.807, 2.05) is 6.07 Å². The minimum Gasteiger partial charge on any atom is -0.486 e. The first-order valence-corrected chi connectivity index (χ1v) is 7.00. The lowest BCUT2D eigenvalue weighted by Crippen LogP contribution is -2.19. The smallest absolute Gasteiger partial charge is 0.164 e. The van der Waals surface area contributed by atoms with Gasteiger partial charge in [-0.05, 0) is 30.2 Å². The van der Waals surface area contributed by atoms with Gasteiger partial charge in [0.15, 0.2) is 5.82 Å². The van der Waals surface area contributed by atoms with E-state index in [2.05, 4.69) is 29.2 Å². The molecule has 0 aliphatic heterocycles. The first-order chi connectivity index (χ1) is 10.0. The van der Waals surface area contributed by atoms with Crippen molar-refractivity contribution < 1.29 is 9.13 Å². The van der Waals surface area contributed by atoms with Crippen LogP contribution in [0.3, 0.4) is 0 Å². The highest BCUT2D eigenvalue weighted by Crippen LogP contribution is 2.17. The first-order valence-electron chi connectivity index (χ1n) is 7.00. The molecule has 114 valence electrons.